The lowest BCUT2D eigenvalue weighted by Crippen LogP contribution is -2.38. The van der Waals surface area contributed by atoms with Crippen LogP contribution in [0, 0.1) is 6.92 Å². The van der Waals surface area contributed by atoms with E-state index in [4.69, 9.17) is 0 Å². The number of thiophene rings is 1. The van der Waals surface area contributed by atoms with Gasteiger partial charge in [0.2, 0.25) is 0 Å². The van der Waals surface area contributed by atoms with Crippen molar-refractivity contribution in [3.8, 4) is 0 Å². The van der Waals surface area contributed by atoms with E-state index < -0.39 is 0 Å². The highest BCUT2D eigenvalue weighted by Crippen LogP contribution is 2.09. The third-order valence-electron chi connectivity index (χ3n) is 3.14. The fourth-order valence-electron chi connectivity index (χ4n) is 1.98. The molecule has 22 heavy (non-hydrogen) atoms. The Kier molecular flexibility index (Phi) is 9.15. The topological polar surface area (TPSA) is 36.4 Å². The Morgan fingerprint density at radius 3 is 2.55 bits per heavy atom. The van der Waals surface area contributed by atoms with Crippen LogP contribution < -0.4 is 10.6 Å². The van der Waals surface area contributed by atoms with Gasteiger partial charge in [-0.2, -0.15) is 0 Å². The van der Waals surface area contributed by atoms with Gasteiger partial charge in [-0.15, -0.1) is 35.3 Å². The quantitative estimate of drug-likeness (QED) is 0.414. The van der Waals surface area contributed by atoms with Crippen LogP contribution >= 0.6 is 35.3 Å². The van der Waals surface area contributed by atoms with E-state index in [1.54, 1.807) is 11.3 Å². The third-order valence-corrected chi connectivity index (χ3v) is 4.01. The summed E-state index contributed by atoms with van der Waals surface area (Å²) in [7, 11) is 0. The van der Waals surface area contributed by atoms with Gasteiger partial charge in [-0.1, -0.05) is 35.9 Å². The number of hydrogen-bond donors (Lipinski definition) is 2. The molecule has 5 heteroatoms. The smallest absolute Gasteiger partial charge is 0.191 e. The molecule has 120 valence electrons. The number of nitrogens with one attached hydrogen (secondary N) is 2. The molecular weight excluding hydrogens is 405 g/mol. The SMILES string of the molecule is CCNC(=NCc1cccs1)NCCc1ccc(C)cc1.I. The second kappa shape index (κ2) is 10.6. The Morgan fingerprint density at radius 2 is 1.91 bits per heavy atom. The second-order valence-corrected chi connectivity index (χ2v) is 5.97. The van der Waals surface area contributed by atoms with Crippen LogP contribution in [-0.2, 0) is 13.0 Å². The van der Waals surface area contributed by atoms with Gasteiger partial charge < -0.3 is 10.6 Å². The lowest BCUT2D eigenvalue weighted by molar-refractivity contribution is 0.800. The molecule has 0 aliphatic carbocycles. The number of rotatable bonds is 6. The van der Waals surface area contributed by atoms with Crippen LogP contribution in [0.1, 0.15) is 22.9 Å². The van der Waals surface area contributed by atoms with Crippen molar-refractivity contribution in [2.45, 2.75) is 26.8 Å². The van der Waals surface area contributed by atoms with E-state index in [9.17, 15) is 0 Å². The van der Waals surface area contributed by atoms with Crippen LogP contribution in [0.2, 0.25) is 0 Å². The number of guanidine groups is 1. The lowest BCUT2D eigenvalue weighted by Gasteiger charge is -2.11. The molecule has 0 amide bonds. The maximum Gasteiger partial charge on any atom is 0.191 e. The predicted molar refractivity (Wildman–Crippen MR) is 107 cm³/mol. The summed E-state index contributed by atoms with van der Waals surface area (Å²) in [6, 6.07) is 12.9. The van der Waals surface area contributed by atoms with Crippen LogP contribution in [0.25, 0.3) is 0 Å². The molecule has 0 unspecified atom stereocenters. The fourth-order valence-corrected chi connectivity index (χ4v) is 2.61. The summed E-state index contributed by atoms with van der Waals surface area (Å²) in [5.74, 6) is 0.887. The van der Waals surface area contributed by atoms with Gasteiger partial charge in [0.25, 0.3) is 0 Å². The molecule has 0 saturated carbocycles. The van der Waals surface area contributed by atoms with Crippen LogP contribution in [-0.4, -0.2) is 19.0 Å². The number of halogens is 1. The van der Waals surface area contributed by atoms with Crippen molar-refractivity contribution in [3.63, 3.8) is 0 Å². The minimum atomic E-state index is 0. The third kappa shape index (κ3) is 6.79. The predicted octanol–water partition coefficient (Wildman–Crippen LogP) is 3.97. The van der Waals surface area contributed by atoms with Crippen LogP contribution in [0.5, 0.6) is 0 Å². The summed E-state index contributed by atoms with van der Waals surface area (Å²) >= 11 is 1.74. The Morgan fingerprint density at radius 1 is 1.14 bits per heavy atom. The van der Waals surface area contributed by atoms with E-state index in [0.717, 1.165) is 32.0 Å². The molecule has 2 N–H and O–H groups in total. The molecule has 0 atom stereocenters. The lowest BCUT2D eigenvalue weighted by atomic mass is 10.1. The largest absolute Gasteiger partial charge is 0.357 e. The van der Waals surface area contributed by atoms with Gasteiger partial charge in [0, 0.05) is 18.0 Å². The first kappa shape index (κ1) is 19.0. The number of nitrogens with zero attached hydrogens (tertiary/aromatic N) is 1. The van der Waals surface area contributed by atoms with Gasteiger partial charge in [0.1, 0.15) is 0 Å². The maximum absolute atomic E-state index is 4.61. The molecule has 1 heterocycles. The average molecular weight is 429 g/mol. The average Bonchev–Trinajstić information content (AvgIpc) is 3.00. The molecule has 1 aromatic carbocycles. The molecule has 1 aromatic heterocycles. The highest BCUT2D eigenvalue weighted by atomic mass is 127. The zero-order valence-corrected chi connectivity index (χ0v) is 16.3. The molecule has 0 fully saturated rings. The first-order chi connectivity index (χ1) is 10.3. The highest BCUT2D eigenvalue weighted by Gasteiger charge is 1.99. The molecular formula is C17H24IN3S. The summed E-state index contributed by atoms with van der Waals surface area (Å²) < 4.78 is 0. The minimum Gasteiger partial charge on any atom is -0.357 e. The molecule has 2 aromatic rings. The Labute approximate surface area is 154 Å². The van der Waals surface area contributed by atoms with Gasteiger partial charge in [-0.3, -0.25) is 0 Å². The molecule has 0 spiro atoms. The Hall–Kier alpha value is -1.08. The molecule has 0 aliphatic heterocycles. The van der Waals surface area contributed by atoms with Gasteiger partial charge in [-0.05, 0) is 37.3 Å². The van der Waals surface area contributed by atoms with Crippen LogP contribution in [0.4, 0.5) is 0 Å². The van der Waals surface area contributed by atoms with Crippen LogP contribution in [0.15, 0.2) is 46.8 Å². The van der Waals surface area contributed by atoms with Crippen molar-refractivity contribution in [3.05, 3.63) is 57.8 Å². The molecule has 2 rings (SSSR count). The second-order valence-electron chi connectivity index (χ2n) is 4.94. The van der Waals surface area contributed by atoms with E-state index in [2.05, 4.69) is 71.3 Å². The van der Waals surface area contributed by atoms with E-state index in [0.29, 0.717) is 0 Å². The van der Waals surface area contributed by atoms with Crippen molar-refractivity contribution >= 4 is 41.3 Å². The number of hydrogen-bond acceptors (Lipinski definition) is 2. The monoisotopic (exact) mass is 429 g/mol. The molecule has 0 radical (unpaired) electrons. The maximum atomic E-state index is 4.61. The zero-order chi connectivity index (χ0) is 14.9. The van der Waals surface area contributed by atoms with E-state index >= 15 is 0 Å². The Bertz CT molecular complexity index is 550. The number of benzene rings is 1. The molecule has 0 aliphatic rings. The fraction of sp³-hybridized carbons (Fsp3) is 0.353. The first-order valence-corrected chi connectivity index (χ1v) is 8.26. The van der Waals surface area contributed by atoms with Gasteiger partial charge in [-0.25, -0.2) is 4.99 Å². The van der Waals surface area contributed by atoms with Crippen molar-refractivity contribution < 1.29 is 0 Å². The van der Waals surface area contributed by atoms with Crippen molar-refractivity contribution in [1.29, 1.82) is 0 Å². The van der Waals surface area contributed by atoms with Gasteiger partial charge >= 0.3 is 0 Å². The summed E-state index contributed by atoms with van der Waals surface area (Å²) in [5.41, 5.74) is 2.65. The van der Waals surface area contributed by atoms with Crippen molar-refractivity contribution in [2.24, 2.45) is 4.99 Å². The van der Waals surface area contributed by atoms with Crippen molar-refractivity contribution in [1.82, 2.24) is 10.6 Å². The summed E-state index contributed by atoms with van der Waals surface area (Å²) in [4.78, 5) is 5.89. The van der Waals surface area contributed by atoms with Crippen LogP contribution in [0.3, 0.4) is 0 Å². The molecule has 0 saturated heterocycles. The van der Waals surface area contributed by atoms with E-state index in [1.165, 1.54) is 16.0 Å². The first-order valence-electron chi connectivity index (χ1n) is 7.38. The standard InChI is InChI=1S/C17H23N3S.HI/c1-3-18-17(20-13-16-5-4-12-21-16)19-11-10-15-8-6-14(2)7-9-15;/h4-9,12H,3,10-11,13H2,1-2H3,(H2,18,19,20);1H. The molecule has 0 bridgehead atoms. The van der Waals surface area contributed by atoms with Gasteiger partial charge in [0.05, 0.1) is 6.54 Å². The summed E-state index contributed by atoms with van der Waals surface area (Å²) in [6.45, 7) is 6.70. The Balaban J connectivity index is 0.00000242. The number of aliphatic imine (C=N–C) groups is 1. The highest BCUT2D eigenvalue weighted by molar-refractivity contribution is 14.0. The van der Waals surface area contributed by atoms with E-state index in [1.807, 2.05) is 0 Å². The van der Waals surface area contributed by atoms with Gasteiger partial charge in [0.15, 0.2) is 5.96 Å². The zero-order valence-electron chi connectivity index (χ0n) is 13.1. The minimum absolute atomic E-state index is 0. The summed E-state index contributed by atoms with van der Waals surface area (Å²) in [6.07, 6.45) is 1.00. The normalized spacial score (nSPS) is 10.9. The van der Waals surface area contributed by atoms with Crippen molar-refractivity contribution in [2.75, 3.05) is 13.1 Å². The van der Waals surface area contributed by atoms with E-state index in [-0.39, 0.29) is 24.0 Å². The summed E-state index contributed by atoms with van der Waals surface area (Å²) in [5, 5.41) is 8.76. The number of aryl methyl sites for hydroxylation is 1. The molecule has 3 nitrogen and oxygen atoms in total.